The number of methoxy groups -OCH3 is 2. The Balaban J connectivity index is 1.95. The number of aromatic nitrogens is 6. The van der Waals surface area contributed by atoms with E-state index in [1.54, 1.807) is 41.8 Å². The molecule has 4 aromatic rings. The molecule has 12 heteroatoms. The summed E-state index contributed by atoms with van der Waals surface area (Å²) in [7, 11) is -0.860. The van der Waals surface area contributed by atoms with E-state index in [1.807, 2.05) is 0 Å². The number of benzene rings is 1. The molecule has 0 amide bonds. The van der Waals surface area contributed by atoms with E-state index in [0.29, 0.717) is 34.5 Å². The summed E-state index contributed by atoms with van der Waals surface area (Å²) in [6, 6.07) is 8.71. The molecule has 11 nitrogen and oxygen atoms in total. The number of aromatic amines is 1. The molecule has 156 valence electrons. The van der Waals surface area contributed by atoms with Gasteiger partial charge in [0.05, 0.1) is 14.2 Å². The van der Waals surface area contributed by atoms with Crippen LogP contribution in [0.2, 0.25) is 0 Å². The number of sulfone groups is 1. The number of nitrogens with zero attached hydrogens (tertiary/aromatic N) is 5. The zero-order chi connectivity index (χ0) is 21.3. The summed E-state index contributed by atoms with van der Waals surface area (Å²) >= 11 is 0. The molecule has 0 aliphatic heterocycles. The van der Waals surface area contributed by atoms with E-state index in [1.165, 1.54) is 14.2 Å². The van der Waals surface area contributed by atoms with Gasteiger partial charge in [0.25, 0.3) is 0 Å². The van der Waals surface area contributed by atoms with Crippen molar-refractivity contribution in [3.63, 3.8) is 0 Å². The molecule has 0 saturated heterocycles. The first-order valence-electron chi connectivity index (χ1n) is 8.75. The van der Waals surface area contributed by atoms with Crippen LogP contribution >= 0.6 is 0 Å². The van der Waals surface area contributed by atoms with Gasteiger partial charge in [-0.05, 0) is 31.2 Å². The van der Waals surface area contributed by atoms with E-state index in [4.69, 9.17) is 13.9 Å². The molecule has 0 aliphatic carbocycles. The van der Waals surface area contributed by atoms with Crippen molar-refractivity contribution in [3.8, 4) is 28.8 Å². The van der Waals surface area contributed by atoms with Crippen LogP contribution in [0.3, 0.4) is 0 Å². The second-order valence-electron chi connectivity index (χ2n) is 6.25. The van der Waals surface area contributed by atoms with Crippen LogP contribution in [-0.4, -0.2) is 52.6 Å². The van der Waals surface area contributed by atoms with Crippen molar-refractivity contribution in [1.29, 1.82) is 0 Å². The topological polar surface area (TPSA) is 138 Å². The number of H-pyrrole nitrogens is 1. The minimum Gasteiger partial charge on any atom is -0.494 e. The van der Waals surface area contributed by atoms with E-state index < -0.39 is 15.6 Å². The average Bonchev–Trinajstić information content (AvgIpc) is 3.48. The van der Waals surface area contributed by atoms with Crippen molar-refractivity contribution in [2.45, 2.75) is 17.8 Å². The van der Waals surface area contributed by atoms with E-state index in [9.17, 15) is 8.42 Å². The Morgan fingerprint density at radius 3 is 2.40 bits per heavy atom. The predicted molar refractivity (Wildman–Crippen MR) is 104 cm³/mol. The lowest BCUT2D eigenvalue weighted by Crippen LogP contribution is -2.13. The van der Waals surface area contributed by atoms with Crippen LogP contribution in [0.25, 0.3) is 17.3 Å². The van der Waals surface area contributed by atoms with Crippen molar-refractivity contribution in [2.24, 2.45) is 0 Å². The molecule has 0 aliphatic rings. The van der Waals surface area contributed by atoms with Gasteiger partial charge in [-0.2, -0.15) is 5.10 Å². The van der Waals surface area contributed by atoms with Crippen LogP contribution in [-0.2, 0) is 15.6 Å². The SMILES string of the molecule is COc1cccc(OC)c1-n1c(CS(=O)(=O)c2ncn[nH]2)nnc1-c1ccc(C)o1. The molecule has 4 rings (SSSR count). The van der Waals surface area contributed by atoms with Gasteiger partial charge in [0.2, 0.25) is 20.8 Å². The molecule has 0 saturated carbocycles. The Morgan fingerprint density at radius 1 is 1.10 bits per heavy atom. The molecule has 3 aromatic heterocycles. The van der Waals surface area contributed by atoms with Crippen molar-refractivity contribution in [1.82, 2.24) is 29.9 Å². The van der Waals surface area contributed by atoms with Gasteiger partial charge in [-0.15, -0.1) is 10.2 Å². The third-order valence-corrected chi connectivity index (χ3v) is 5.75. The summed E-state index contributed by atoms with van der Waals surface area (Å²) in [5.41, 5.74) is 0.444. The highest BCUT2D eigenvalue weighted by Crippen LogP contribution is 2.37. The van der Waals surface area contributed by atoms with E-state index in [2.05, 4.69) is 25.4 Å². The van der Waals surface area contributed by atoms with Gasteiger partial charge in [0.15, 0.2) is 11.6 Å². The zero-order valence-corrected chi connectivity index (χ0v) is 17.2. The molecule has 0 spiro atoms. The molecule has 3 heterocycles. The fourth-order valence-electron chi connectivity index (χ4n) is 2.99. The number of furan rings is 1. The third kappa shape index (κ3) is 3.41. The lowest BCUT2D eigenvalue weighted by Gasteiger charge is -2.16. The second kappa shape index (κ2) is 7.63. The van der Waals surface area contributed by atoms with Gasteiger partial charge in [-0.25, -0.2) is 13.4 Å². The maximum atomic E-state index is 12.8. The fourth-order valence-corrected chi connectivity index (χ4v) is 4.06. The van der Waals surface area contributed by atoms with Crippen molar-refractivity contribution in [3.05, 3.63) is 48.2 Å². The number of aryl methyl sites for hydroxylation is 1. The first kappa shape index (κ1) is 19.6. The Labute approximate surface area is 171 Å². The first-order chi connectivity index (χ1) is 14.4. The molecule has 1 aromatic carbocycles. The average molecular weight is 430 g/mol. The highest BCUT2D eigenvalue weighted by molar-refractivity contribution is 7.90. The minimum absolute atomic E-state index is 0.123. The maximum Gasteiger partial charge on any atom is 0.243 e. The van der Waals surface area contributed by atoms with Gasteiger partial charge in [0, 0.05) is 0 Å². The summed E-state index contributed by atoms with van der Waals surface area (Å²) in [5.74, 6) is 1.90. The van der Waals surface area contributed by atoms with Gasteiger partial charge in [-0.3, -0.25) is 9.67 Å². The molecule has 0 radical (unpaired) electrons. The number of ether oxygens (including phenoxy) is 2. The molecule has 0 unspecified atom stereocenters. The van der Waals surface area contributed by atoms with Gasteiger partial charge in [0.1, 0.15) is 35.0 Å². The number of nitrogens with one attached hydrogen (secondary N) is 1. The van der Waals surface area contributed by atoms with Gasteiger partial charge >= 0.3 is 0 Å². The maximum absolute atomic E-state index is 12.8. The molecule has 0 fully saturated rings. The number of para-hydroxylation sites is 1. The molecular weight excluding hydrogens is 412 g/mol. The minimum atomic E-state index is -3.87. The molecule has 0 atom stereocenters. The first-order valence-corrected chi connectivity index (χ1v) is 10.4. The number of hydrogen-bond donors (Lipinski definition) is 1. The fraction of sp³-hybridized carbons (Fsp3) is 0.222. The summed E-state index contributed by atoms with van der Waals surface area (Å²) in [6.45, 7) is 1.79. The Hall–Kier alpha value is -3.67. The smallest absolute Gasteiger partial charge is 0.243 e. The van der Waals surface area contributed by atoms with Crippen molar-refractivity contribution < 1.29 is 22.3 Å². The summed E-state index contributed by atoms with van der Waals surface area (Å²) < 4.78 is 43.9. The van der Waals surface area contributed by atoms with Crippen LogP contribution in [0.5, 0.6) is 11.5 Å². The zero-order valence-electron chi connectivity index (χ0n) is 16.4. The second-order valence-corrected chi connectivity index (χ2v) is 8.15. The van der Waals surface area contributed by atoms with E-state index in [0.717, 1.165) is 6.33 Å². The molecule has 1 N–H and O–H groups in total. The number of rotatable bonds is 7. The summed E-state index contributed by atoms with van der Waals surface area (Å²) in [4.78, 5) is 3.74. The van der Waals surface area contributed by atoms with Gasteiger partial charge in [-0.1, -0.05) is 6.07 Å². The molecule has 0 bridgehead atoms. The van der Waals surface area contributed by atoms with Crippen LogP contribution in [0, 0.1) is 6.92 Å². The predicted octanol–water partition coefficient (Wildman–Crippen LogP) is 1.94. The lowest BCUT2D eigenvalue weighted by molar-refractivity contribution is 0.390. The van der Waals surface area contributed by atoms with Crippen LogP contribution in [0.15, 0.2) is 46.2 Å². The monoisotopic (exact) mass is 430 g/mol. The highest BCUT2D eigenvalue weighted by Gasteiger charge is 2.28. The normalized spacial score (nSPS) is 11.6. The molecular formula is C18H18N6O5S. The van der Waals surface area contributed by atoms with Crippen molar-refractivity contribution >= 4 is 9.84 Å². The van der Waals surface area contributed by atoms with Crippen LogP contribution < -0.4 is 9.47 Å². The molecule has 30 heavy (non-hydrogen) atoms. The van der Waals surface area contributed by atoms with Gasteiger partial charge < -0.3 is 13.9 Å². The Bertz CT molecular complexity index is 1250. The summed E-state index contributed by atoms with van der Waals surface area (Å²) in [5, 5.41) is 14.0. The van der Waals surface area contributed by atoms with E-state index in [-0.39, 0.29) is 11.0 Å². The largest absolute Gasteiger partial charge is 0.494 e. The third-order valence-electron chi connectivity index (χ3n) is 4.32. The number of hydrogen-bond acceptors (Lipinski definition) is 9. The lowest BCUT2D eigenvalue weighted by atomic mass is 10.2. The quantitative estimate of drug-likeness (QED) is 0.466. The standard InChI is InChI=1S/C18H18N6O5S/c1-11-7-8-14(29-11)17-22-21-15(9-30(25,26)18-19-10-20-23-18)24(17)16-12(27-2)5-4-6-13(16)28-3/h4-8,10H,9H2,1-3H3,(H,19,20,23). The highest BCUT2D eigenvalue weighted by atomic mass is 32.2. The Kier molecular flexibility index (Phi) is 4.99. The van der Waals surface area contributed by atoms with Crippen molar-refractivity contribution in [2.75, 3.05) is 14.2 Å². The Morgan fingerprint density at radius 2 is 1.83 bits per heavy atom. The van der Waals surface area contributed by atoms with E-state index >= 15 is 0 Å². The van der Waals surface area contributed by atoms with Crippen LogP contribution in [0.4, 0.5) is 0 Å². The van der Waals surface area contributed by atoms with Crippen LogP contribution in [0.1, 0.15) is 11.6 Å². The summed E-state index contributed by atoms with van der Waals surface area (Å²) in [6.07, 6.45) is 1.12.